The maximum absolute atomic E-state index is 12.2. The van der Waals surface area contributed by atoms with E-state index in [1.165, 1.54) is 4.90 Å². The molecule has 1 heterocycles. The number of aromatic amines is 1. The molecule has 0 bridgehead atoms. The average molecular weight is 393 g/mol. The second-order valence-corrected chi connectivity index (χ2v) is 6.52. The molecule has 7 nitrogen and oxygen atoms in total. The summed E-state index contributed by atoms with van der Waals surface area (Å²) in [6.45, 7) is 2.27. The molecule has 0 aliphatic rings. The van der Waals surface area contributed by atoms with Gasteiger partial charge in [0.25, 0.3) is 11.5 Å². The Morgan fingerprint density at radius 2 is 1.90 bits per heavy atom. The lowest BCUT2D eigenvalue weighted by Gasteiger charge is -2.14. The van der Waals surface area contributed by atoms with Crippen molar-refractivity contribution in [2.75, 3.05) is 27.3 Å². The van der Waals surface area contributed by atoms with E-state index in [2.05, 4.69) is 9.97 Å². The van der Waals surface area contributed by atoms with E-state index in [1.807, 2.05) is 31.2 Å². The van der Waals surface area contributed by atoms with Crippen LogP contribution in [0.3, 0.4) is 0 Å². The molecule has 0 spiro atoms. The number of carbonyl (C=O) groups excluding carboxylic acids is 1. The first-order valence-corrected chi connectivity index (χ1v) is 9.25. The predicted molar refractivity (Wildman–Crippen MR) is 113 cm³/mol. The lowest BCUT2D eigenvalue weighted by Crippen LogP contribution is -2.27. The van der Waals surface area contributed by atoms with Crippen LogP contribution in [-0.2, 0) is 4.79 Å². The van der Waals surface area contributed by atoms with Crippen molar-refractivity contribution in [3.63, 3.8) is 0 Å². The van der Waals surface area contributed by atoms with Crippen molar-refractivity contribution >= 4 is 29.0 Å². The van der Waals surface area contributed by atoms with E-state index in [-0.39, 0.29) is 18.1 Å². The second kappa shape index (κ2) is 9.05. The molecule has 1 aromatic heterocycles. The Labute approximate surface area is 168 Å². The number of aromatic nitrogens is 2. The number of H-pyrrole nitrogens is 1. The van der Waals surface area contributed by atoms with Crippen LogP contribution in [0.1, 0.15) is 18.3 Å². The summed E-state index contributed by atoms with van der Waals surface area (Å²) in [6, 6.07) is 12.6. The van der Waals surface area contributed by atoms with Gasteiger partial charge in [-0.3, -0.25) is 9.59 Å². The van der Waals surface area contributed by atoms with E-state index in [9.17, 15) is 9.59 Å². The molecule has 3 aromatic rings. The number of fused-ring (bicyclic) bond motifs is 1. The highest BCUT2D eigenvalue weighted by Crippen LogP contribution is 2.29. The highest BCUT2D eigenvalue weighted by atomic mass is 16.5. The van der Waals surface area contributed by atoms with E-state index in [0.717, 1.165) is 5.56 Å². The summed E-state index contributed by atoms with van der Waals surface area (Å²) in [5.41, 5.74) is 1.30. The number of hydrogen-bond acceptors (Lipinski definition) is 5. The van der Waals surface area contributed by atoms with Crippen LogP contribution >= 0.6 is 0 Å². The number of benzene rings is 2. The summed E-state index contributed by atoms with van der Waals surface area (Å²) in [7, 11) is 3.35. The Balaban J connectivity index is 1.82. The Hall–Kier alpha value is -3.61. The molecule has 7 heteroatoms. The van der Waals surface area contributed by atoms with E-state index >= 15 is 0 Å². The van der Waals surface area contributed by atoms with Gasteiger partial charge in [-0.2, -0.15) is 0 Å². The summed E-state index contributed by atoms with van der Waals surface area (Å²) in [4.78, 5) is 32.6. The predicted octanol–water partition coefficient (Wildman–Crippen LogP) is 2.96. The Bertz CT molecular complexity index is 1100. The monoisotopic (exact) mass is 393 g/mol. The van der Waals surface area contributed by atoms with Crippen molar-refractivity contribution in [3.8, 4) is 11.5 Å². The van der Waals surface area contributed by atoms with E-state index < -0.39 is 0 Å². The fraction of sp³-hybridized carbons (Fsp3) is 0.227. The number of hydrogen-bond donors (Lipinski definition) is 1. The molecule has 3 rings (SSSR count). The minimum absolute atomic E-state index is 0.0650. The first kappa shape index (κ1) is 20.1. The van der Waals surface area contributed by atoms with Gasteiger partial charge in [0.05, 0.1) is 17.5 Å². The summed E-state index contributed by atoms with van der Waals surface area (Å²) in [6.07, 6.45) is 3.55. The Morgan fingerprint density at radius 1 is 1.10 bits per heavy atom. The molecule has 0 unspecified atom stereocenters. The Kier molecular flexibility index (Phi) is 6.29. The van der Waals surface area contributed by atoms with Gasteiger partial charge < -0.3 is 19.4 Å². The number of carbonyl (C=O) groups is 1. The quantitative estimate of drug-likeness (QED) is 0.667. The van der Waals surface area contributed by atoms with Crippen LogP contribution in [0, 0.1) is 0 Å². The van der Waals surface area contributed by atoms with E-state index in [1.54, 1.807) is 44.4 Å². The van der Waals surface area contributed by atoms with Crippen LogP contribution in [-0.4, -0.2) is 48.1 Å². The lowest BCUT2D eigenvalue weighted by molar-refractivity contribution is -0.130. The van der Waals surface area contributed by atoms with Gasteiger partial charge in [-0.25, -0.2) is 4.98 Å². The molecule has 0 radical (unpaired) electrons. The topological polar surface area (TPSA) is 84.5 Å². The third kappa shape index (κ3) is 5.01. The minimum atomic E-state index is -0.181. The zero-order chi connectivity index (χ0) is 20.8. The number of rotatable bonds is 7. The molecule has 1 amide bonds. The largest absolute Gasteiger partial charge is 0.490 e. The van der Waals surface area contributed by atoms with E-state index in [4.69, 9.17) is 9.47 Å². The highest BCUT2D eigenvalue weighted by Gasteiger charge is 2.10. The second-order valence-electron chi connectivity index (χ2n) is 6.52. The highest BCUT2D eigenvalue weighted by molar-refractivity contribution is 5.79. The lowest BCUT2D eigenvalue weighted by atomic mass is 10.2. The van der Waals surface area contributed by atoms with Crippen molar-refractivity contribution in [3.05, 3.63) is 64.2 Å². The maximum atomic E-state index is 12.2. The van der Waals surface area contributed by atoms with Crippen molar-refractivity contribution in [1.29, 1.82) is 0 Å². The molecule has 0 saturated heterocycles. The van der Waals surface area contributed by atoms with Gasteiger partial charge in [0.15, 0.2) is 18.1 Å². The van der Waals surface area contributed by atoms with Gasteiger partial charge in [-0.1, -0.05) is 24.3 Å². The normalized spacial score (nSPS) is 11.0. The summed E-state index contributed by atoms with van der Waals surface area (Å²) in [5, 5.41) is 0.553. The molecule has 1 N–H and O–H groups in total. The minimum Gasteiger partial charge on any atom is -0.490 e. The van der Waals surface area contributed by atoms with Crippen LogP contribution in [0.2, 0.25) is 0 Å². The van der Waals surface area contributed by atoms with Crippen LogP contribution < -0.4 is 15.0 Å². The zero-order valence-corrected chi connectivity index (χ0v) is 16.6. The molecule has 0 fully saturated rings. The number of ether oxygens (including phenoxy) is 2. The average Bonchev–Trinajstić information content (AvgIpc) is 2.71. The van der Waals surface area contributed by atoms with Gasteiger partial charge in [0.1, 0.15) is 5.82 Å². The number of amides is 1. The summed E-state index contributed by atoms with van der Waals surface area (Å²) in [5.74, 6) is 1.36. The number of nitrogens with zero attached hydrogens (tertiary/aromatic N) is 2. The number of likely N-dealkylation sites (N-methyl/N-ethyl adjacent to an activating group) is 1. The van der Waals surface area contributed by atoms with Gasteiger partial charge in [0.2, 0.25) is 0 Å². The molecule has 0 aliphatic carbocycles. The van der Waals surface area contributed by atoms with Crippen LogP contribution in [0.4, 0.5) is 0 Å². The number of nitrogens with one attached hydrogen (secondary N) is 1. The zero-order valence-electron chi connectivity index (χ0n) is 16.6. The maximum Gasteiger partial charge on any atom is 0.259 e. The van der Waals surface area contributed by atoms with Gasteiger partial charge in [0, 0.05) is 14.1 Å². The Morgan fingerprint density at radius 3 is 2.66 bits per heavy atom. The molecular formula is C22H23N3O4. The number of para-hydroxylation sites is 1. The first-order valence-electron chi connectivity index (χ1n) is 9.25. The smallest absolute Gasteiger partial charge is 0.259 e. The fourth-order valence-electron chi connectivity index (χ4n) is 2.64. The van der Waals surface area contributed by atoms with Crippen LogP contribution in [0.25, 0.3) is 23.1 Å². The van der Waals surface area contributed by atoms with Crippen molar-refractivity contribution < 1.29 is 14.3 Å². The summed E-state index contributed by atoms with van der Waals surface area (Å²) < 4.78 is 11.2. The molecule has 150 valence electrons. The molecular weight excluding hydrogens is 370 g/mol. The van der Waals surface area contributed by atoms with Crippen molar-refractivity contribution in [1.82, 2.24) is 14.9 Å². The van der Waals surface area contributed by atoms with E-state index in [0.29, 0.717) is 34.8 Å². The van der Waals surface area contributed by atoms with Gasteiger partial charge in [-0.05, 0) is 42.8 Å². The van der Waals surface area contributed by atoms with Crippen molar-refractivity contribution in [2.24, 2.45) is 0 Å². The van der Waals surface area contributed by atoms with Crippen LogP contribution in [0.5, 0.6) is 11.5 Å². The molecule has 0 saturated carbocycles. The van der Waals surface area contributed by atoms with Gasteiger partial charge >= 0.3 is 0 Å². The molecule has 29 heavy (non-hydrogen) atoms. The van der Waals surface area contributed by atoms with Crippen molar-refractivity contribution in [2.45, 2.75) is 6.92 Å². The van der Waals surface area contributed by atoms with Crippen LogP contribution in [0.15, 0.2) is 47.3 Å². The molecule has 0 atom stereocenters. The SMILES string of the molecule is CCOc1cc(/C=C/c2nc3ccccc3c(=O)[nH]2)ccc1OCC(=O)N(C)C. The third-order valence-corrected chi connectivity index (χ3v) is 4.18. The molecule has 0 aliphatic heterocycles. The third-order valence-electron chi connectivity index (χ3n) is 4.18. The first-order chi connectivity index (χ1) is 14.0. The van der Waals surface area contributed by atoms with Gasteiger partial charge in [-0.15, -0.1) is 0 Å². The standard InChI is InChI=1S/C22H23N3O4/c1-4-28-19-13-15(9-11-18(19)29-14-21(26)25(2)3)10-12-20-23-17-8-6-5-7-16(17)22(27)24-20/h5-13H,4,14H2,1-3H3,(H,23,24,27)/b12-10+. The fourth-order valence-corrected chi connectivity index (χ4v) is 2.64. The molecule has 2 aromatic carbocycles. The summed E-state index contributed by atoms with van der Waals surface area (Å²) >= 11 is 0.